The maximum absolute atomic E-state index is 5.71. The number of hydrogen-bond donors (Lipinski definition) is 1. The van der Waals surface area contributed by atoms with Crippen LogP contribution in [-0.4, -0.2) is 30.6 Å². The lowest BCUT2D eigenvalue weighted by atomic mass is 10.1. The van der Waals surface area contributed by atoms with E-state index in [9.17, 15) is 0 Å². The second-order valence-electron chi connectivity index (χ2n) is 3.60. The Morgan fingerprint density at radius 1 is 1.33 bits per heavy atom. The standard InChI is InChI=1S/C10H24N2/c1-5-7-10(8-11)12(4)9(3)6-2/h9-10H,5-8,11H2,1-4H3. The van der Waals surface area contributed by atoms with Crippen LogP contribution in [0.25, 0.3) is 0 Å². The summed E-state index contributed by atoms with van der Waals surface area (Å²) in [5, 5.41) is 0. The number of nitrogens with zero attached hydrogens (tertiary/aromatic N) is 1. The third kappa shape index (κ3) is 3.55. The first-order valence-electron chi connectivity index (χ1n) is 5.09. The van der Waals surface area contributed by atoms with Crippen LogP contribution in [0.1, 0.15) is 40.0 Å². The third-order valence-corrected chi connectivity index (χ3v) is 2.76. The number of hydrogen-bond acceptors (Lipinski definition) is 2. The molecule has 0 aliphatic carbocycles. The zero-order valence-electron chi connectivity index (χ0n) is 9.01. The van der Waals surface area contributed by atoms with Crippen LogP contribution in [0.5, 0.6) is 0 Å². The highest BCUT2D eigenvalue weighted by atomic mass is 15.2. The summed E-state index contributed by atoms with van der Waals surface area (Å²) in [4.78, 5) is 2.41. The van der Waals surface area contributed by atoms with Gasteiger partial charge in [-0.25, -0.2) is 0 Å². The molecule has 2 N–H and O–H groups in total. The molecule has 74 valence electrons. The van der Waals surface area contributed by atoms with Gasteiger partial charge >= 0.3 is 0 Å². The fourth-order valence-electron chi connectivity index (χ4n) is 1.47. The van der Waals surface area contributed by atoms with Crippen molar-refractivity contribution in [3.63, 3.8) is 0 Å². The van der Waals surface area contributed by atoms with Crippen molar-refractivity contribution in [2.45, 2.75) is 52.1 Å². The second-order valence-corrected chi connectivity index (χ2v) is 3.60. The van der Waals surface area contributed by atoms with Gasteiger partial charge in [0, 0.05) is 18.6 Å². The van der Waals surface area contributed by atoms with E-state index in [1.54, 1.807) is 0 Å². The molecule has 0 amide bonds. The average Bonchev–Trinajstić information content (AvgIpc) is 2.11. The highest BCUT2D eigenvalue weighted by Crippen LogP contribution is 2.09. The first-order chi connectivity index (χ1) is 5.67. The molecule has 0 heterocycles. The van der Waals surface area contributed by atoms with Crippen molar-refractivity contribution in [3.8, 4) is 0 Å². The van der Waals surface area contributed by atoms with Crippen LogP contribution in [-0.2, 0) is 0 Å². The van der Waals surface area contributed by atoms with Crippen LogP contribution in [0.2, 0.25) is 0 Å². The lowest BCUT2D eigenvalue weighted by molar-refractivity contribution is 0.174. The zero-order valence-corrected chi connectivity index (χ0v) is 9.01. The Labute approximate surface area is 77.1 Å². The smallest absolute Gasteiger partial charge is 0.0218 e. The van der Waals surface area contributed by atoms with Crippen LogP contribution in [0.4, 0.5) is 0 Å². The highest BCUT2D eigenvalue weighted by Gasteiger charge is 2.15. The Morgan fingerprint density at radius 2 is 1.92 bits per heavy atom. The molecule has 0 saturated carbocycles. The molecule has 0 radical (unpaired) electrons. The summed E-state index contributed by atoms with van der Waals surface area (Å²) >= 11 is 0. The van der Waals surface area contributed by atoms with E-state index in [0.29, 0.717) is 12.1 Å². The minimum absolute atomic E-state index is 0.574. The molecule has 2 unspecified atom stereocenters. The summed E-state index contributed by atoms with van der Waals surface area (Å²) in [6, 6.07) is 1.23. The molecule has 0 aromatic carbocycles. The Morgan fingerprint density at radius 3 is 2.25 bits per heavy atom. The molecule has 2 atom stereocenters. The predicted octanol–water partition coefficient (Wildman–Crippen LogP) is 1.84. The van der Waals surface area contributed by atoms with E-state index in [1.165, 1.54) is 19.3 Å². The minimum Gasteiger partial charge on any atom is -0.329 e. The van der Waals surface area contributed by atoms with Crippen molar-refractivity contribution in [2.75, 3.05) is 13.6 Å². The first kappa shape index (κ1) is 11.9. The van der Waals surface area contributed by atoms with Gasteiger partial charge in [-0.15, -0.1) is 0 Å². The number of likely N-dealkylation sites (N-methyl/N-ethyl adjacent to an activating group) is 1. The fourth-order valence-corrected chi connectivity index (χ4v) is 1.47. The van der Waals surface area contributed by atoms with E-state index in [4.69, 9.17) is 5.73 Å². The lowest BCUT2D eigenvalue weighted by Gasteiger charge is -2.31. The van der Waals surface area contributed by atoms with Crippen molar-refractivity contribution in [2.24, 2.45) is 5.73 Å². The monoisotopic (exact) mass is 172 g/mol. The number of rotatable bonds is 6. The molecule has 0 aromatic heterocycles. The molecule has 0 saturated heterocycles. The Balaban J connectivity index is 3.91. The minimum atomic E-state index is 0.574. The Bertz CT molecular complexity index is 104. The quantitative estimate of drug-likeness (QED) is 0.662. The van der Waals surface area contributed by atoms with Crippen LogP contribution >= 0.6 is 0 Å². The van der Waals surface area contributed by atoms with Gasteiger partial charge in [-0.2, -0.15) is 0 Å². The van der Waals surface area contributed by atoms with Gasteiger partial charge in [-0.1, -0.05) is 20.3 Å². The van der Waals surface area contributed by atoms with Crippen molar-refractivity contribution in [1.82, 2.24) is 4.90 Å². The Kier molecular flexibility index (Phi) is 6.39. The van der Waals surface area contributed by atoms with Gasteiger partial charge in [0.1, 0.15) is 0 Å². The normalized spacial score (nSPS) is 16.5. The van der Waals surface area contributed by atoms with Crippen molar-refractivity contribution < 1.29 is 0 Å². The molecule has 0 fully saturated rings. The summed E-state index contributed by atoms with van der Waals surface area (Å²) < 4.78 is 0. The molecule has 2 heteroatoms. The molecule has 2 nitrogen and oxygen atoms in total. The number of nitrogens with two attached hydrogens (primary N) is 1. The summed E-state index contributed by atoms with van der Waals surface area (Å²) in [5.41, 5.74) is 5.71. The van der Waals surface area contributed by atoms with Crippen LogP contribution in [0.3, 0.4) is 0 Å². The van der Waals surface area contributed by atoms with Gasteiger partial charge in [0.25, 0.3) is 0 Å². The zero-order chi connectivity index (χ0) is 9.56. The van der Waals surface area contributed by atoms with Crippen molar-refractivity contribution in [1.29, 1.82) is 0 Å². The van der Waals surface area contributed by atoms with Gasteiger partial charge < -0.3 is 5.73 Å². The lowest BCUT2D eigenvalue weighted by Crippen LogP contribution is -2.42. The van der Waals surface area contributed by atoms with E-state index >= 15 is 0 Å². The van der Waals surface area contributed by atoms with Crippen molar-refractivity contribution >= 4 is 0 Å². The van der Waals surface area contributed by atoms with Crippen molar-refractivity contribution in [3.05, 3.63) is 0 Å². The van der Waals surface area contributed by atoms with Gasteiger partial charge in [0.05, 0.1) is 0 Å². The fraction of sp³-hybridized carbons (Fsp3) is 1.00. The average molecular weight is 172 g/mol. The van der Waals surface area contributed by atoms with Crippen LogP contribution in [0.15, 0.2) is 0 Å². The predicted molar refractivity (Wildman–Crippen MR) is 55.3 cm³/mol. The summed E-state index contributed by atoms with van der Waals surface area (Å²) in [5.74, 6) is 0. The molecule has 0 aromatic rings. The van der Waals surface area contributed by atoms with E-state index in [2.05, 4.69) is 32.7 Å². The second kappa shape index (κ2) is 6.44. The molecular formula is C10H24N2. The van der Waals surface area contributed by atoms with Crippen LogP contribution < -0.4 is 5.73 Å². The van der Waals surface area contributed by atoms with Gasteiger partial charge in [0.15, 0.2) is 0 Å². The maximum Gasteiger partial charge on any atom is 0.0218 e. The third-order valence-electron chi connectivity index (χ3n) is 2.76. The molecule has 0 aliphatic rings. The van der Waals surface area contributed by atoms with Gasteiger partial charge in [0.2, 0.25) is 0 Å². The molecule has 0 spiro atoms. The van der Waals surface area contributed by atoms with E-state index in [1.807, 2.05) is 0 Å². The first-order valence-corrected chi connectivity index (χ1v) is 5.09. The molecular weight excluding hydrogens is 148 g/mol. The summed E-state index contributed by atoms with van der Waals surface area (Å²) in [7, 11) is 2.18. The molecule has 0 aliphatic heterocycles. The largest absolute Gasteiger partial charge is 0.329 e. The highest BCUT2D eigenvalue weighted by molar-refractivity contribution is 4.73. The van der Waals surface area contributed by atoms with Gasteiger partial charge in [-0.3, -0.25) is 4.90 Å². The summed E-state index contributed by atoms with van der Waals surface area (Å²) in [6.07, 6.45) is 3.65. The van der Waals surface area contributed by atoms with Gasteiger partial charge in [-0.05, 0) is 26.8 Å². The van der Waals surface area contributed by atoms with E-state index < -0.39 is 0 Å². The van der Waals surface area contributed by atoms with Crippen LogP contribution in [0, 0.1) is 0 Å². The SMILES string of the molecule is CCCC(CN)N(C)C(C)CC. The van der Waals surface area contributed by atoms with E-state index in [-0.39, 0.29) is 0 Å². The maximum atomic E-state index is 5.71. The molecule has 0 bridgehead atoms. The van der Waals surface area contributed by atoms with E-state index in [0.717, 1.165) is 6.54 Å². The topological polar surface area (TPSA) is 29.3 Å². The molecule has 12 heavy (non-hydrogen) atoms. The Hall–Kier alpha value is -0.0800. The molecule has 0 rings (SSSR count). The summed E-state index contributed by atoms with van der Waals surface area (Å²) in [6.45, 7) is 7.49.